The van der Waals surface area contributed by atoms with Crippen LogP contribution in [0.15, 0.2) is 18.2 Å². The van der Waals surface area contributed by atoms with Crippen LogP contribution in [0, 0.1) is 6.92 Å². The van der Waals surface area contributed by atoms with Crippen molar-refractivity contribution in [1.29, 1.82) is 0 Å². The molecule has 1 heterocycles. The van der Waals surface area contributed by atoms with Gasteiger partial charge < -0.3 is 4.57 Å². The lowest BCUT2D eigenvalue weighted by Crippen LogP contribution is -2.13. The molecular formula is C15H12Cl3NO. The highest BCUT2D eigenvalue weighted by atomic mass is 35.5. The molecule has 1 aliphatic rings. The summed E-state index contributed by atoms with van der Waals surface area (Å²) >= 11 is 18.6. The molecule has 20 heavy (non-hydrogen) atoms. The SMILES string of the molecule is Cc1cc2c(n1-c1c(Cl)cc(Cl)cc1Cl)CCCC2=O. The fourth-order valence-corrected chi connectivity index (χ4v) is 3.77. The van der Waals surface area contributed by atoms with Gasteiger partial charge in [-0.1, -0.05) is 34.8 Å². The van der Waals surface area contributed by atoms with Gasteiger partial charge in [0.25, 0.3) is 0 Å². The second-order valence-corrected chi connectivity index (χ2v) is 6.23. The third kappa shape index (κ3) is 2.16. The lowest BCUT2D eigenvalue weighted by atomic mass is 9.96. The Bertz CT molecular complexity index is 695. The van der Waals surface area contributed by atoms with Crippen molar-refractivity contribution in [3.63, 3.8) is 0 Å². The van der Waals surface area contributed by atoms with Crippen molar-refractivity contribution in [3.8, 4) is 5.69 Å². The molecule has 2 aromatic rings. The fraction of sp³-hybridized carbons (Fsp3) is 0.267. The molecule has 0 atom stereocenters. The number of aryl methyl sites for hydroxylation is 1. The quantitative estimate of drug-likeness (QED) is 0.699. The van der Waals surface area contributed by atoms with Crippen molar-refractivity contribution in [1.82, 2.24) is 4.57 Å². The summed E-state index contributed by atoms with van der Waals surface area (Å²) in [5.74, 6) is 0.189. The molecule has 0 unspecified atom stereocenters. The number of carbonyl (C=O) groups is 1. The van der Waals surface area contributed by atoms with Crippen LogP contribution in [0.1, 0.15) is 34.6 Å². The number of rotatable bonds is 1. The van der Waals surface area contributed by atoms with E-state index in [1.54, 1.807) is 12.1 Å². The molecular weight excluding hydrogens is 317 g/mol. The van der Waals surface area contributed by atoms with Crippen LogP contribution < -0.4 is 0 Å². The van der Waals surface area contributed by atoms with Crippen LogP contribution in [0.25, 0.3) is 5.69 Å². The highest BCUT2D eigenvalue weighted by Gasteiger charge is 2.25. The van der Waals surface area contributed by atoms with Gasteiger partial charge >= 0.3 is 0 Å². The minimum absolute atomic E-state index is 0.189. The summed E-state index contributed by atoms with van der Waals surface area (Å²) in [6, 6.07) is 5.25. The minimum atomic E-state index is 0.189. The zero-order valence-corrected chi connectivity index (χ0v) is 13.1. The molecule has 1 aromatic heterocycles. The van der Waals surface area contributed by atoms with E-state index in [4.69, 9.17) is 34.8 Å². The topological polar surface area (TPSA) is 22.0 Å². The molecule has 0 aliphatic heterocycles. The van der Waals surface area contributed by atoms with E-state index in [9.17, 15) is 4.79 Å². The molecule has 0 N–H and O–H groups in total. The first-order valence-corrected chi connectivity index (χ1v) is 7.51. The van der Waals surface area contributed by atoms with Gasteiger partial charge in [-0.2, -0.15) is 0 Å². The summed E-state index contributed by atoms with van der Waals surface area (Å²) in [6.45, 7) is 1.95. The predicted octanol–water partition coefficient (Wildman–Crippen LogP) is 5.26. The van der Waals surface area contributed by atoms with E-state index in [0.29, 0.717) is 27.2 Å². The zero-order valence-electron chi connectivity index (χ0n) is 10.8. The maximum absolute atomic E-state index is 12.0. The zero-order chi connectivity index (χ0) is 14.4. The van der Waals surface area contributed by atoms with Crippen LogP contribution in [-0.4, -0.2) is 10.4 Å². The first-order valence-electron chi connectivity index (χ1n) is 6.38. The maximum atomic E-state index is 12.0. The Morgan fingerprint density at radius 1 is 1.05 bits per heavy atom. The highest BCUT2D eigenvalue weighted by Crippen LogP contribution is 2.36. The monoisotopic (exact) mass is 327 g/mol. The molecule has 0 radical (unpaired) electrons. The third-order valence-corrected chi connectivity index (χ3v) is 4.40. The number of nitrogens with zero attached hydrogens (tertiary/aromatic N) is 1. The number of halogens is 3. The lowest BCUT2D eigenvalue weighted by molar-refractivity contribution is 0.0972. The Labute approximate surface area is 132 Å². The number of ketones is 1. The fourth-order valence-electron chi connectivity index (χ4n) is 2.79. The van der Waals surface area contributed by atoms with Gasteiger partial charge in [-0.15, -0.1) is 0 Å². The molecule has 3 rings (SSSR count). The average Bonchev–Trinajstić information content (AvgIpc) is 2.67. The van der Waals surface area contributed by atoms with Gasteiger partial charge in [0.15, 0.2) is 5.78 Å². The summed E-state index contributed by atoms with van der Waals surface area (Å²) < 4.78 is 1.98. The van der Waals surface area contributed by atoms with Gasteiger partial charge in [-0.3, -0.25) is 4.79 Å². The largest absolute Gasteiger partial charge is 0.315 e. The van der Waals surface area contributed by atoms with Crippen molar-refractivity contribution in [2.45, 2.75) is 26.2 Å². The van der Waals surface area contributed by atoms with Crippen molar-refractivity contribution < 1.29 is 4.79 Å². The molecule has 0 fully saturated rings. The molecule has 0 saturated heterocycles. The van der Waals surface area contributed by atoms with E-state index in [1.165, 1.54) is 0 Å². The van der Waals surface area contributed by atoms with Crippen LogP contribution in [0.3, 0.4) is 0 Å². The predicted molar refractivity (Wildman–Crippen MR) is 82.8 cm³/mol. The summed E-state index contributed by atoms with van der Waals surface area (Å²) in [5, 5.41) is 1.47. The minimum Gasteiger partial charge on any atom is -0.315 e. The van der Waals surface area contributed by atoms with Gasteiger partial charge in [0, 0.05) is 28.4 Å². The number of Topliss-reactive ketones (excluding diaryl/α,β-unsaturated/α-hetero) is 1. The second-order valence-electron chi connectivity index (χ2n) is 4.98. The van der Waals surface area contributed by atoms with Crippen molar-refractivity contribution in [3.05, 3.63) is 50.2 Å². The van der Waals surface area contributed by atoms with Gasteiger partial charge in [0.05, 0.1) is 15.7 Å². The Kier molecular flexibility index (Phi) is 3.57. The van der Waals surface area contributed by atoms with E-state index < -0.39 is 0 Å². The van der Waals surface area contributed by atoms with Crippen LogP contribution in [0.5, 0.6) is 0 Å². The van der Waals surface area contributed by atoms with Crippen molar-refractivity contribution in [2.24, 2.45) is 0 Å². The summed E-state index contributed by atoms with van der Waals surface area (Å²) in [5.41, 5.74) is 3.43. The summed E-state index contributed by atoms with van der Waals surface area (Å²) in [6.07, 6.45) is 2.32. The number of aromatic nitrogens is 1. The number of benzene rings is 1. The van der Waals surface area contributed by atoms with Gasteiger partial charge in [-0.05, 0) is 38.0 Å². The molecule has 1 aliphatic carbocycles. The average molecular weight is 329 g/mol. The van der Waals surface area contributed by atoms with Crippen molar-refractivity contribution >= 4 is 40.6 Å². The molecule has 1 aromatic carbocycles. The van der Waals surface area contributed by atoms with E-state index in [0.717, 1.165) is 29.8 Å². The van der Waals surface area contributed by atoms with E-state index >= 15 is 0 Å². The summed E-state index contributed by atoms with van der Waals surface area (Å²) in [7, 11) is 0. The molecule has 5 heteroatoms. The normalized spacial score (nSPS) is 14.5. The Hall–Kier alpha value is -0.960. The first-order chi connectivity index (χ1) is 9.49. The van der Waals surface area contributed by atoms with Crippen LogP contribution in [0.2, 0.25) is 15.1 Å². The molecule has 104 valence electrons. The number of hydrogen-bond donors (Lipinski definition) is 0. The standard InChI is InChI=1S/C15H12Cl3NO/c1-8-5-10-13(3-2-4-14(10)20)19(8)15-11(17)6-9(16)7-12(15)18/h5-7H,2-4H2,1H3. The number of fused-ring (bicyclic) bond motifs is 1. The van der Waals surface area contributed by atoms with E-state index in [-0.39, 0.29) is 5.78 Å². The molecule has 0 spiro atoms. The Balaban J connectivity index is 2.29. The lowest BCUT2D eigenvalue weighted by Gasteiger charge is -2.18. The van der Waals surface area contributed by atoms with Crippen LogP contribution in [-0.2, 0) is 6.42 Å². The number of hydrogen-bond acceptors (Lipinski definition) is 1. The molecule has 0 saturated carbocycles. The van der Waals surface area contributed by atoms with Crippen LogP contribution >= 0.6 is 34.8 Å². The molecule has 0 bridgehead atoms. The number of carbonyl (C=O) groups excluding carboxylic acids is 1. The molecule has 0 amide bonds. The molecule has 2 nitrogen and oxygen atoms in total. The van der Waals surface area contributed by atoms with E-state index in [2.05, 4.69) is 0 Å². The highest BCUT2D eigenvalue weighted by molar-refractivity contribution is 6.40. The first kappa shape index (κ1) is 14.0. The van der Waals surface area contributed by atoms with Gasteiger partial charge in [-0.25, -0.2) is 0 Å². The Morgan fingerprint density at radius 2 is 1.70 bits per heavy atom. The maximum Gasteiger partial charge on any atom is 0.164 e. The second kappa shape index (κ2) is 5.10. The van der Waals surface area contributed by atoms with Crippen molar-refractivity contribution in [2.75, 3.05) is 0 Å². The van der Waals surface area contributed by atoms with Gasteiger partial charge in [0.1, 0.15) is 0 Å². The van der Waals surface area contributed by atoms with Crippen LogP contribution in [0.4, 0.5) is 0 Å². The summed E-state index contributed by atoms with van der Waals surface area (Å²) in [4.78, 5) is 12.0. The smallest absolute Gasteiger partial charge is 0.164 e. The van der Waals surface area contributed by atoms with E-state index in [1.807, 2.05) is 17.6 Å². The third-order valence-electron chi connectivity index (χ3n) is 3.61. The Morgan fingerprint density at radius 3 is 2.35 bits per heavy atom. The van der Waals surface area contributed by atoms with Gasteiger partial charge in [0.2, 0.25) is 0 Å².